The number of hydrogen-bond donors (Lipinski definition) is 2. The zero-order chi connectivity index (χ0) is 7.86. The van der Waals surface area contributed by atoms with E-state index in [9.17, 15) is 0 Å². The van der Waals surface area contributed by atoms with E-state index in [4.69, 9.17) is 15.0 Å². The Balaban J connectivity index is 0. The summed E-state index contributed by atoms with van der Waals surface area (Å²) in [6.07, 6.45) is 1.08. The third kappa shape index (κ3) is 172. The Morgan fingerprint density at radius 3 is 1.44 bits per heavy atom. The van der Waals surface area contributed by atoms with Gasteiger partial charge in [-0.3, -0.25) is 4.79 Å². The number of hydrogen-bond acceptors (Lipinski definition) is 2. The molecule has 54 valence electrons. The van der Waals surface area contributed by atoms with Gasteiger partial charge in [0.15, 0.2) is 0 Å². The summed E-state index contributed by atoms with van der Waals surface area (Å²) >= 11 is 0. The lowest BCUT2D eigenvalue weighted by Crippen LogP contribution is -1.78. The van der Waals surface area contributed by atoms with Crippen molar-refractivity contribution < 1.29 is 15.0 Å². The SMILES string of the molecule is CC(=O)O.CC(C)=CO. The Hall–Kier alpha value is -0.990. The number of carboxylic acid groups (broad SMARTS) is 1. The van der Waals surface area contributed by atoms with Crippen molar-refractivity contribution in [3.05, 3.63) is 11.8 Å². The van der Waals surface area contributed by atoms with Crippen molar-refractivity contribution in [2.45, 2.75) is 20.8 Å². The van der Waals surface area contributed by atoms with Gasteiger partial charge in [-0.1, -0.05) is 0 Å². The van der Waals surface area contributed by atoms with E-state index in [-0.39, 0.29) is 0 Å². The second kappa shape index (κ2) is 7.01. The molecule has 0 fully saturated rings. The summed E-state index contributed by atoms with van der Waals surface area (Å²) in [6, 6.07) is 0. The standard InChI is InChI=1S/C4H8O.C2H4O2/c1-4(2)3-5;1-2(3)4/h3,5H,1-2H3;1H3,(H,3,4). The topological polar surface area (TPSA) is 57.5 Å². The van der Waals surface area contributed by atoms with Crippen molar-refractivity contribution in [3.63, 3.8) is 0 Å². The second-order valence-corrected chi connectivity index (χ2v) is 1.73. The third-order valence-electron chi connectivity index (χ3n) is 0.258. The van der Waals surface area contributed by atoms with Gasteiger partial charge >= 0.3 is 0 Å². The Labute approximate surface area is 54.6 Å². The fraction of sp³-hybridized carbons (Fsp3) is 0.500. The van der Waals surface area contributed by atoms with Crippen molar-refractivity contribution in [1.82, 2.24) is 0 Å². The van der Waals surface area contributed by atoms with Gasteiger partial charge in [0.05, 0.1) is 6.26 Å². The maximum atomic E-state index is 9.00. The van der Waals surface area contributed by atoms with E-state index in [1.54, 1.807) is 0 Å². The summed E-state index contributed by atoms with van der Waals surface area (Å²) in [7, 11) is 0. The molecule has 0 amide bonds. The minimum atomic E-state index is -0.833. The van der Waals surface area contributed by atoms with E-state index in [0.29, 0.717) is 0 Å². The van der Waals surface area contributed by atoms with Crippen LogP contribution in [0.5, 0.6) is 0 Å². The van der Waals surface area contributed by atoms with Crippen LogP contribution in [0.1, 0.15) is 20.8 Å². The monoisotopic (exact) mass is 132 g/mol. The number of carboxylic acids is 1. The summed E-state index contributed by atoms with van der Waals surface area (Å²) in [5, 5.41) is 15.4. The largest absolute Gasteiger partial charge is 0.516 e. The molecule has 0 aromatic heterocycles. The van der Waals surface area contributed by atoms with Gasteiger partial charge in [0.1, 0.15) is 0 Å². The van der Waals surface area contributed by atoms with Gasteiger partial charge in [-0.25, -0.2) is 0 Å². The second-order valence-electron chi connectivity index (χ2n) is 1.73. The van der Waals surface area contributed by atoms with Gasteiger partial charge in [-0.2, -0.15) is 0 Å². The highest BCUT2D eigenvalue weighted by Crippen LogP contribution is 1.80. The molecule has 0 saturated heterocycles. The van der Waals surface area contributed by atoms with Crippen LogP contribution in [-0.4, -0.2) is 16.2 Å². The van der Waals surface area contributed by atoms with E-state index in [1.807, 2.05) is 13.8 Å². The molecule has 0 aromatic carbocycles. The molecule has 3 nitrogen and oxygen atoms in total. The summed E-state index contributed by atoms with van der Waals surface area (Å²) < 4.78 is 0. The maximum Gasteiger partial charge on any atom is 0.300 e. The average Bonchev–Trinajstić information content (AvgIpc) is 1.65. The molecule has 0 unspecified atom stereocenters. The summed E-state index contributed by atoms with van der Waals surface area (Å²) in [5.74, 6) is -0.833. The lowest BCUT2D eigenvalue weighted by molar-refractivity contribution is -0.134. The minimum absolute atomic E-state index is 0.833. The normalized spacial score (nSPS) is 6.56. The molecule has 0 rings (SSSR count). The van der Waals surface area contributed by atoms with Gasteiger partial charge < -0.3 is 10.2 Å². The van der Waals surface area contributed by atoms with Crippen LogP contribution in [0.25, 0.3) is 0 Å². The van der Waals surface area contributed by atoms with Gasteiger partial charge in [0, 0.05) is 6.92 Å². The fourth-order valence-corrected chi connectivity index (χ4v) is 0. The van der Waals surface area contributed by atoms with Gasteiger partial charge in [0.2, 0.25) is 0 Å². The minimum Gasteiger partial charge on any atom is -0.516 e. The van der Waals surface area contributed by atoms with Crippen LogP contribution in [0.15, 0.2) is 11.8 Å². The van der Waals surface area contributed by atoms with Crippen LogP contribution in [-0.2, 0) is 4.79 Å². The molecule has 2 N–H and O–H groups in total. The van der Waals surface area contributed by atoms with Gasteiger partial charge in [0.25, 0.3) is 5.97 Å². The molecule has 0 aliphatic carbocycles. The van der Waals surface area contributed by atoms with Crippen molar-refractivity contribution in [2.75, 3.05) is 0 Å². The molecule has 0 spiro atoms. The van der Waals surface area contributed by atoms with Crippen LogP contribution in [0.2, 0.25) is 0 Å². The van der Waals surface area contributed by atoms with Crippen LogP contribution in [0.3, 0.4) is 0 Å². The highest BCUT2D eigenvalue weighted by molar-refractivity contribution is 5.62. The Morgan fingerprint density at radius 1 is 1.33 bits per heavy atom. The quantitative estimate of drug-likeness (QED) is 0.492. The molecule has 0 atom stereocenters. The van der Waals surface area contributed by atoms with Crippen LogP contribution < -0.4 is 0 Å². The number of carbonyl (C=O) groups is 1. The zero-order valence-electron chi connectivity index (χ0n) is 5.88. The first-order valence-electron chi connectivity index (χ1n) is 2.47. The number of aliphatic hydroxyl groups is 1. The highest BCUT2D eigenvalue weighted by atomic mass is 16.4. The van der Waals surface area contributed by atoms with Crippen LogP contribution >= 0.6 is 0 Å². The van der Waals surface area contributed by atoms with Crippen LogP contribution in [0.4, 0.5) is 0 Å². The van der Waals surface area contributed by atoms with E-state index >= 15 is 0 Å². The van der Waals surface area contributed by atoms with Gasteiger partial charge in [-0.05, 0) is 19.4 Å². The molecule has 0 radical (unpaired) electrons. The van der Waals surface area contributed by atoms with Crippen molar-refractivity contribution in [1.29, 1.82) is 0 Å². The molecular weight excluding hydrogens is 120 g/mol. The average molecular weight is 132 g/mol. The van der Waals surface area contributed by atoms with Crippen molar-refractivity contribution >= 4 is 5.97 Å². The van der Waals surface area contributed by atoms with E-state index in [0.717, 1.165) is 18.8 Å². The summed E-state index contributed by atoms with van der Waals surface area (Å²) in [5.41, 5.74) is 0.935. The first-order valence-corrected chi connectivity index (χ1v) is 2.47. The first kappa shape index (κ1) is 10.9. The smallest absolute Gasteiger partial charge is 0.300 e. The number of aliphatic hydroxyl groups excluding tert-OH is 1. The van der Waals surface area contributed by atoms with E-state index in [1.165, 1.54) is 0 Å². The summed E-state index contributed by atoms with van der Waals surface area (Å²) in [4.78, 5) is 9.00. The predicted molar refractivity (Wildman–Crippen MR) is 35.4 cm³/mol. The summed E-state index contributed by atoms with van der Waals surface area (Å²) in [6.45, 7) is 4.75. The maximum absolute atomic E-state index is 9.00. The van der Waals surface area contributed by atoms with E-state index < -0.39 is 5.97 Å². The molecule has 3 heteroatoms. The van der Waals surface area contributed by atoms with E-state index in [2.05, 4.69) is 0 Å². The lowest BCUT2D eigenvalue weighted by atomic mass is 10.4. The number of rotatable bonds is 0. The molecule has 0 aliphatic heterocycles. The Kier molecular flexibility index (Phi) is 8.49. The molecular formula is C6H12O3. The predicted octanol–water partition coefficient (Wildman–Crippen LogP) is 1.56. The molecule has 0 heterocycles. The fourth-order valence-electron chi connectivity index (χ4n) is 0. The van der Waals surface area contributed by atoms with Crippen LogP contribution in [0, 0.1) is 0 Å². The van der Waals surface area contributed by atoms with Gasteiger partial charge in [-0.15, -0.1) is 0 Å². The van der Waals surface area contributed by atoms with Crippen molar-refractivity contribution in [3.8, 4) is 0 Å². The highest BCUT2D eigenvalue weighted by Gasteiger charge is 1.65. The Bertz CT molecular complexity index is 96.9. The zero-order valence-corrected chi connectivity index (χ0v) is 5.88. The molecule has 0 aromatic rings. The Morgan fingerprint density at radius 2 is 1.44 bits per heavy atom. The molecule has 0 saturated carbocycles. The number of allylic oxidation sites excluding steroid dienone is 1. The van der Waals surface area contributed by atoms with Crippen molar-refractivity contribution in [2.24, 2.45) is 0 Å². The first-order chi connectivity index (χ1) is 4.00. The molecule has 9 heavy (non-hydrogen) atoms. The lowest BCUT2D eigenvalue weighted by Gasteiger charge is -1.73. The number of aliphatic carboxylic acids is 1. The third-order valence-corrected chi connectivity index (χ3v) is 0.258. The molecule has 0 bridgehead atoms. The molecule has 0 aliphatic rings.